The lowest BCUT2D eigenvalue weighted by Gasteiger charge is -2.11. The molecule has 0 spiro atoms. The van der Waals surface area contributed by atoms with Gasteiger partial charge in [-0.25, -0.2) is 0 Å². The predicted octanol–water partition coefficient (Wildman–Crippen LogP) is 3.46. The molecule has 6 heteroatoms. The SMILES string of the molecule is COC(=O)CCC(=O)Nc1ccc(Cl)cc1C(=O)c1ccccc1. The van der Waals surface area contributed by atoms with Crippen molar-refractivity contribution in [2.24, 2.45) is 0 Å². The van der Waals surface area contributed by atoms with Crippen molar-refractivity contribution in [3.8, 4) is 0 Å². The average Bonchev–Trinajstić information content (AvgIpc) is 2.61. The molecule has 5 nitrogen and oxygen atoms in total. The van der Waals surface area contributed by atoms with Crippen molar-refractivity contribution < 1.29 is 19.1 Å². The van der Waals surface area contributed by atoms with Crippen molar-refractivity contribution in [1.82, 2.24) is 0 Å². The monoisotopic (exact) mass is 345 g/mol. The topological polar surface area (TPSA) is 72.5 Å². The molecular weight excluding hydrogens is 330 g/mol. The molecule has 0 aliphatic carbocycles. The highest BCUT2D eigenvalue weighted by molar-refractivity contribution is 6.31. The zero-order valence-electron chi connectivity index (χ0n) is 13.0. The van der Waals surface area contributed by atoms with E-state index < -0.39 is 5.97 Å². The van der Waals surface area contributed by atoms with E-state index in [0.29, 0.717) is 21.8 Å². The van der Waals surface area contributed by atoms with Gasteiger partial charge in [-0.2, -0.15) is 0 Å². The first-order chi connectivity index (χ1) is 11.5. The van der Waals surface area contributed by atoms with Crippen molar-refractivity contribution in [1.29, 1.82) is 0 Å². The first-order valence-corrected chi connectivity index (χ1v) is 7.65. The second kappa shape index (κ2) is 8.26. The summed E-state index contributed by atoms with van der Waals surface area (Å²) in [6, 6.07) is 13.3. The summed E-state index contributed by atoms with van der Waals surface area (Å²) in [6.45, 7) is 0. The summed E-state index contributed by atoms with van der Waals surface area (Å²) in [7, 11) is 1.26. The highest BCUT2D eigenvalue weighted by atomic mass is 35.5. The van der Waals surface area contributed by atoms with Crippen molar-refractivity contribution in [2.45, 2.75) is 12.8 Å². The van der Waals surface area contributed by atoms with Crippen molar-refractivity contribution in [3.63, 3.8) is 0 Å². The Morgan fingerprint density at radius 2 is 1.75 bits per heavy atom. The number of esters is 1. The second-order valence-electron chi connectivity index (χ2n) is 5.01. The van der Waals surface area contributed by atoms with Crippen LogP contribution in [0.4, 0.5) is 5.69 Å². The van der Waals surface area contributed by atoms with Gasteiger partial charge >= 0.3 is 5.97 Å². The molecule has 2 aromatic rings. The molecule has 1 N–H and O–H groups in total. The van der Waals surface area contributed by atoms with Gasteiger partial charge in [-0.3, -0.25) is 14.4 Å². The van der Waals surface area contributed by atoms with E-state index in [1.165, 1.54) is 13.2 Å². The number of hydrogen-bond acceptors (Lipinski definition) is 4. The molecule has 0 radical (unpaired) electrons. The van der Waals surface area contributed by atoms with Gasteiger partial charge in [0.2, 0.25) is 5.91 Å². The summed E-state index contributed by atoms with van der Waals surface area (Å²) in [5, 5.41) is 3.03. The van der Waals surface area contributed by atoms with E-state index in [-0.39, 0.29) is 24.5 Å². The van der Waals surface area contributed by atoms with E-state index in [9.17, 15) is 14.4 Å². The zero-order valence-corrected chi connectivity index (χ0v) is 13.8. The number of rotatable bonds is 6. The molecule has 0 fully saturated rings. The number of nitrogens with one attached hydrogen (secondary N) is 1. The second-order valence-corrected chi connectivity index (χ2v) is 5.45. The quantitative estimate of drug-likeness (QED) is 0.642. The van der Waals surface area contributed by atoms with E-state index in [4.69, 9.17) is 11.6 Å². The molecule has 0 aromatic heterocycles. The van der Waals surface area contributed by atoms with Gasteiger partial charge in [0.05, 0.1) is 19.2 Å². The first kappa shape index (κ1) is 17.7. The van der Waals surface area contributed by atoms with E-state index in [2.05, 4.69) is 10.1 Å². The average molecular weight is 346 g/mol. The number of amides is 1. The number of halogens is 1. The number of ketones is 1. The molecule has 2 aromatic carbocycles. The predicted molar refractivity (Wildman–Crippen MR) is 91.2 cm³/mol. The van der Waals surface area contributed by atoms with Crippen LogP contribution in [0.3, 0.4) is 0 Å². The molecule has 0 aliphatic rings. The fourth-order valence-electron chi connectivity index (χ4n) is 2.09. The van der Waals surface area contributed by atoms with Crippen LogP contribution in [0, 0.1) is 0 Å². The van der Waals surface area contributed by atoms with Crippen LogP contribution < -0.4 is 5.32 Å². The standard InChI is InChI=1S/C18H16ClNO4/c1-24-17(22)10-9-16(21)20-15-8-7-13(19)11-14(15)18(23)12-5-3-2-4-6-12/h2-8,11H,9-10H2,1H3,(H,20,21). The minimum Gasteiger partial charge on any atom is -0.469 e. The van der Waals surface area contributed by atoms with Gasteiger partial charge in [0, 0.05) is 22.6 Å². The van der Waals surface area contributed by atoms with E-state index in [0.717, 1.165) is 0 Å². The first-order valence-electron chi connectivity index (χ1n) is 7.27. The molecule has 0 aliphatic heterocycles. The van der Waals surface area contributed by atoms with Crippen LogP contribution in [-0.4, -0.2) is 24.8 Å². The number of anilines is 1. The van der Waals surface area contributed by atoms with Gasteiger partial charge in [0.25, 0.3) is 0 Å². The number of benzene rings is 2. The van der Waals surface area contributed by atoms with E-state index in [1.807, 2.05) is 6.07 Å². The molecular formula is C18H16ClNO4. The largest absolute Gasteiger partial charge is 0.469 e. The number of carbonyl (C=O) groups is 3. The van der Waals surface area contributed by atoms with Crippen molar-refractivity contribution in [2.75, 3.05) is 12.4 Å². The summed E-state index contributed by atoms with van der Waals surface area (Å²) < 4.78 is 4.50. The van der Waals surface area contributed by atoms with Gasteiger partial charge in [-0.15, -0.1) is 0 Å². The summed E-state index contributed by atoms with van der Waals surface area (Å²) in [4.78, 5) is 35.7. The molecule has 0 heterocycles. The Morgan fingerprint density at radius 1 is 1.04 bits per heavy atom. The van der Waals surface area contributed by atoms with Gasteiger partial charge in [0.1, 0.15) is 0 Å². The van der Waals surface area contributed by atoms with Gasteiger partial charge in [-0.05, 0) is 18.2 Å². The Labute approximate surface area is 144 Å². The summed E-state index contributed by atoms with van der Waals surface area (Å²) >= 11 is 5.98. The Kier molecular flexibility index (Phi) is 6.09. The Balaban J connectivity index is 2.20. The molecule has 0 saturated carbocycles. The smallest absolute Gasteiger partial charge is 0.306 e. The Morgan fingerprint density at radius 3 is 2.42 bits per heavy atom. The minimum absolute atomic E-state index is 0.0299. The van der Waals surface area contributed by atoms with Gasteiger partial charge in [0.15, 0.2) is 5.78 Å². The van der Waals surface area contributed by atoms with Crippen LogP contribution in [0.2, 0.25) is 5.02 Å². The molecule has 0 atom stereocenters. The van der Waals surface area contributed by atoms with Crippen LogP contribution in [0.25, 0.3) is 0 Å². The fourth-order valence-corrected chi connectivity index (χ4v) is 2.26. The maximum atomic E-state index is 12.6. The van der Waals surface area contributed by atoms with Crippen LogP contribution in [0.5, 0.6) is 0 Å². The summed E-state index contributed by atoms with van der Waals surface area (Å²) in [5.74, 6) is -1.10. The van der Waals surface area contributed by atoms with Crippen molar-refractivity contribution in [3.05, 3.63) is 64.7 Å². The third-order valence-corrected chi connectivity index (χ3v) is 3.56. The van der Waals surface area contributed by atoms with E-state index in [1.54, 1.807) is 36.4 Å². The van der Waals surface area contributed by atoms with Crippen LogP contribution >= 0.6 is 11.6 Å². The number of hydrogen-bond donors (Lipinski definition) is 1. The molecule has 24 heavy (non-hydrogen) atoms. The third kappa shape index (κ3) is 4.67. The number of ether oxygens (including phenoxy) is 1. The fraction of sp³-hybridized carbons (Fsp3) is 0.167. The zero-order chi connectivity index (χ0) is 17.5. The number of methoxy groups -OCH3 is 1. The van der Waals surface area contributed by atoms with Gasteiger partial charge < -0.3 is 10.1 Å². The van der Waals surface area contributed by atoms with Gasteiger partial charge in [-0.1, -0.05) is 41.9 Å². The highest BCUT2D eigenvalue weighted by Gasteiger charge is 2.16. The summed E-state index contributed by atoms with van der Waals surface area (Å²) in [6.07, 6.45) is -0.0633. The molecule has 0 bridgehead atoms. The third-order valence-electron chi connectivity index (χ3n) is 3.32. The summed E-state index contributed by atoms with van der Waals surface area (Å²) in [5.41, 5.74) is 1.13. The molecule has 2 rings (SSSR count). The normalized spacial score (nSPS) is 10.1. The van der Waals surface area contributed by atoms with E-state index >= 15 is 0 Å². The van der Waals surface area contributed by atoms with Crippen LogP contribution in [-0.2, 0) is 14.3 Å². The Bertz CT molecular complexity index is 759. The van der Waals surface area contributed by atoms with Crippen LogP contribution in [0.15, 0.2) is 48.5 Å². The molecule has 0 saturated heterocycles. The maximum absolute atomic E-state index is 12.6. The van der Waals surface area contributed by atoms with Crippen molar-refractivity contribution >= 4 is 34.9 Å². The number of carbonyl (C=O) groups excluding carboxylic acids is 3. The lowest BCUT2D eigenvalue weighted by molar-refractivity contribution is -0.141. The lowest BCUT2D eigenvalue weighted by Crippen LogP contribution is -2.16. The highest BCUT2D eigenvalue weighted by Crippen LogP contribution is 2.24. The minimum atomic E-state index is -0.471. The Hall–Kier alpha value is -2.66. The maximum Gasteiger partial charge on any atom is 0.306 e. The molecule has 1 amide bonds. The lowest BCUT2D eigenvalue weighted by atomic mass is 10.0. The molecule has 0 unspecified atom stereocenters. The van der Waals surface area contributed by atoms with Crippen LogP contribution in [0.1, 0.15) is 28.8 Å². The molecule has 124 valence electrons.